The number of halogens is 1. The molecule has 2 aromatic carbocycles. The Labute approximate surface area is 175 Å². The number of fused-ring (bicyclic) bond motifs is 1. The van der Waals surface area contributed by atoms with Crippen molar-refractivity contribution in [1.29, 1.82) is 0 Å². The average Bonchev–Trinajstić information content (AvgIpc) is 2.71. The van der Waals surface area contributed by atoms with E-state index in [1.807, 2.05) is 52.0 Å². The number of hydrogen-bond acceptors (Lipinski definition) is 3. The van der Waals surface area contributed by atoms with Crippen LogP contribution in [0.15, 0.2) is 47.3 Å². The minimum absolute atomic E-state index is 0.0504. The van der Waals surface area contributed by atoms with Crippen molar-refractivity contribution in [2.24, 2.45) is 0 Å². The molecule has 6 heteroatoms. The Morgan fingerprint density at radius 1 is 1.21 bits per heavy atom. The van der Waals surface area contributed by atoms with Gasteiger partial charge in [-0.1, -0.05) is 36.7 Å². The van der Waals surface area contributed by atoms with Crippen molar-refractivity contribution >= 4 is 28.4 Å². The molecule has 0 saturated heterocycles. The molecule has 1 heterocycles. The second-order valence-corrected chi connectivity index (χ2v) is 7.61. The Morgan fingerprint density at radius 2 is 1.93 bits per heavy atom. The number of aromatic nitrogens is 2. The molecule has 0 aliphatic rings. The number of carbonyl (C=O) groups excluding carboxylic acids is 1. The summed E-state index contributed by atoms with van der Waals surface area (Å²) in [6.07, 6.45) is 0.807. The molecule has 1 amide bonds. The second-order valence-electron chi connectivity index (χ2n) is 7.17. The molecule has 5 nitrogen and oxygen atoms in total. The highest BCUT2D eigenvalue weighted by Gasteiger charge is 2.27. The van der Waals surface area contributed by atoms with Gasteiger partial charge in [0.1, 0.15) is 5.82 Å². The van der Waals surface area contributed by atoms with Crippen LogP contribution >= 0.6 is 11.6 Å². The van der Waals surface area contributed by atoms with E-state index in [2.05, 4.69) is 0 Å². The summed E-state index contributed by atoms with van der Waals surface area (Å²) in [6, 6.07) is 12.3. The summed E-state index contributed by atoms with van der Waals surface area (Å²) in [5.41, 5.74) is 2.05. The fourth-order valence-corrected chi connectivity index (χ4v) is 3.83. The monoisotopic (exact) mass is 411 g/mol. The van der Waals surface area contributed by atoms with E-state index in [9.17, 15) is 9.59 Å². The first-order chi connectivity index (χ1) is 13.9. The van der Waals surface area contributed by atoms with E-state index in [1.54, 1.807) is 27.7 Å². The van der Waals surface area contributed by atoms with Crippen LogP contribution in [0.3, 0.4) is 0 Å². The van der Waals surface area contributed by atoms with Crippen molar-refractivity contribution in [1.82, 2.24) is 14.5 Å². The van der Waals surface area contributed by atoms with Gasteiger partial charge in [0.15, 0.2) is 0 Å². The standard InChI is InChI=1S/C23H26ClN3O2/c1-5-13-27(22(28)18-10-8-7-9-15(18)3)16(4)21-25-20-12-11-17(24)14-19(20)23(29)26(21)6-2/h7-12,14,16H,5-6,13H2,1-4H3. The molecule has 1 aromatic heterocycles. The predicted molar refractivity (Wildman–Crippen MR) is 118 cm³/mol. The SMILES string of the molecule is CCCN(C(=O)c1ccccc1C)C(C)c1nc2ccc(Cl)cc2c(=O)n1CC. The normalized spacial score (nSPS) is 12.2. The van der Waals surface area contributed by atoms with E-state index in [-0.39, 0.29) is 17.5 Å². The Bertz CT molecular complexity index is 1110. The van der Waals surface area contributed by atoms with Crippen molar-refractivity contribution in [3.63, 3.8) is 0 Å². The highest BCUT2D eigenvalue weighted by molar-refractivity contribution is 6.31. The molecular formula is C23H26ClN3O2. The first kappa shape index (κ1) is 21.1. The summed E-state index contributed by atoms with van der Waals surface area (Å²) >= 11 is 6.08. The average molecular weight is 412 g/mol. The molecule has 0 spiro atoms. The van der Waals surface area contributed by atoms with Gasteiger partial charge in [0, 0.05) is 23.7 Å². The van der Waals surface area contributed by atoms with Crippen LogP contribution in [0.5, 0.6) is 0 Å². The maximum Gasteiger partial charge on any atom is 0.261 e. The lowest BCUT2D eigenvalue weighted by molar-refractivity contribution is 0.0678. The van der Waals surface area contributed by atoms with Crippen molar-refractivity contribution in [3.05, 3.63) is 74.8 Å². The second kappa shape index (κ2) is 8.78. The molecule has 1 unspecified atom stereocenters. The van der Waals surface area contributed by atoms with Crippen molar-refractivity contribution in [2.45, 2.75) is 46.7 Å². The molecule has 0 bridgehead atoms. The van der Waals surface area contributed by atoms with Gasteiger partial charge in [0.25, 0.3) is 11.5 Å². The summed E-state index contributed by atoms with van der Waals surface area (Å²) < 4.78 is 1.64. The minimum Gasteiger partial charge on any atom is -0.329 e. The van der Waals surface area contributed by atoms with E-state index < -0.39 is 0 Å². The van der Waals surface area contributed by atoms with Crippen LogP contribution in [0.25, 0.3) is 10.9 Å². The lowest BCUT2D eigenvalue weighted by Crippen LogP contribution is -2.38. The molecule has 0 radical (unpaired) electrons. The summed E-state index contributed by atoms with van der Waals surface area (Å²) in [5.74, 6) is 0.535. The smallest absolute Gasteiger partial charge is 0.261 e. The number of amides is 1. The maximum atomic E-state index is 13.4. The quantitative estimate of drug-likeness (QED) is 0.574. The van der Waals surface area contributed by atoms with E-state index >= 15 is 0 Å². The number of carbonyl (C=O) groups is 1. The van der Waals surface area contributed by atoms with E-state index in [1.165, 1.54) is 0 Å². The molecule has 0 fully saturated rings. The maximum absolute atomic E-state index is 13.4. The van der Waals surface area contributed by atoms with Gasteiger partial charge < -0.3 is 4.90 Å². The lowest BCUT2D eigenvalue weighted by Gasteiger charge is -2.30. The zero-order valence-corrected chi connectivity index (χ0v) is 18.0. The highest BCUT2D eigenvalue weighted by atomic mass is 35.5. The zero-order valence-electron chi connectivity index (χ0n) is 17.3. The summed E-state index contributed by atoms with van der Waals surface area (Å²) in [5, 5.41) is 0.991. The number of hydrogen-bond donors (Lipinski definition) is 0. The van der Waals surface area contributed by atoms with Gasteiger partial charge in [-0.2, -0.15) is 0 Å². The Balaban J connectivity index is 2.13. The van der Waals surface area contributed by atoms with Gasteiger partial charge in [0.2, 0.25) is 0 Å². The van der Waals surface area contributed by atoms with E-state index in [0.29, 0.717) is 40.4 Å². The fraction of sp³-hybridized carbons (Fsp3) is 0.348. The third-order valence-corrected chi connectivity index (χ3v) is 5.44. The van der Waals surface area contributed by atoms with Crippen molar-refractivity contribution < 1.29 is 4.79 Å². The molecule has 3 aromatic rings. The fourth-order valence-electron chi connectivity index (χ4n) is 3.65. The number of benzene rings is 2. The third kappa shape index (κ3) is 4.06. The molecule has 29 heavy (non-hydrogen) atoms. The van der Waals surface area contributed by atoms with Crippen LogP contribution in [0, 0.1) is 6.92 Å². The van der Waals surface area contributed by atoms with E-state index in [4.69, 9.17) is 16.6 Å². The van der Waals surface area contributed by atoms with Crippen LogP contribution in [-0.4, -0.2) is 26.9 Å². The van der Waals surface area contributed by atoms with E-state index in [0.717, 1.165) is 12.0 Å². The molecule has 1 atom stereocenters. The minimum atomic E-state index is -0.352. The first-order valence-electron chi connectivity index (χ1n) is 9.95. The van der Waals surface area contributed by atoms with Crippen LogP contribution in [0.1, 0.15) is 55.0 Å². The molecule has 0 N–H and O–H groups in total. The molecule has 3 rings (SSSR count). The van der Waals surface area contributed by atoms with Gasteiger partial charge >= 0.3 is 0 Å². The third-order valence-electron chi connectivity index (χ3n) is 5.20. The highest BCUT2D eigenvalue weighted by Crippen LogP contribution is 2.24. The molecular weight excluding hydrogens is 386 g/mol. The largest absolute Gasteiger partial charge is 0.329 e. The Kier molecular flexibility index (Phi) is 6.38. The Morgan fingerprint density at radius 3 is 2.59 bits per heavy atom. The van der Waals surface area contributed by atoms with Crippen LogP contribution in [0.2, 0.25) is 5.02 Å². The first-order valence-corrected chi connectivity index (χ1v) is 10.3. The topological polar surface area (TPSA) is 55.2 Å². The summed E-state index contributed by atoms with van der Waals surface area (Å²) in [7, 11) is 0. The molecule has 152 valence electrons. The van der Waals surface area contributed by atoms with Gasteiger partial charge in [-0.05, 0) is 57.0 Å². The molecule has 0 aliphatic carbocycles. The summed E-state index contributed by atoms with van der Waals surface area (Å²) in [4.78, 5) is 33.0. The van der Waals surface area contributed by atoms with Gasteiger partial charge in [-0.25, -0.2) is 4.98 Å². The predicted octanol–water partition coefficient (Wildman–Crippen LogP) is 4.99. The number of nitrogens with zero attached hydrogens (tertiary/aromatic N) is 3. The summed E-state index contributed by atoms with van der Waals surface area (Å²) in [6.45, 7) is 8.85. The van der Waals surface area contributed by atoms with Crippen molar-refractivity contribution in [2.75, 3.05) is 6.54 Å². The molecule has 0 aliphatic heterocycles. The van der Waals surface area contributed by atoms with Gasteiger partial charge in [-0.3, -0.25) is 14.2 Å². The van der Waals surface area contributed by atoms with Crippen LogP contribution < -0.4 is 5.56 Å². The zero-order chi connectivity index (χ0) is 21.1. The van der Waals surface area contributed by atoms with Crippen LogP contribution in [-0.2, 0) is 6.54 Å². The lowest BCUT2D eigenvalue weighted by atomic mass is 10.1. The van der Waals surface area contributed by atoms with Gasteiger partial charge in [0.05, 0.1) is 16.9 Å². The Hall–Kier alpha value is -2.66. The van der Waals surface area contributed by atoms with Gasteiger partial charge in [-0.15, -0.1) is 0 Å². The van der Waals surface area contributed by atoms with Crippen LogP contribution in [0.4, 0.5) is 0 Å². The van der Waals surface area contributed by atoms with Crippen molar-refractivity contribution in [3.8, 4) is 0 Å². The number of aryl methyl sites for hydroxylation is 1. The number of rotatable bonds is 6. The molecule has 0 saturated carbocycles.